The van der Waals surface area contributed by atoms with Crippen LogP contribution in [-0.2, 0) is 106 Å². The number of anilines is 2. The number of esters is 6. The highest BCUT2D eigenvalue weighted by Crippen LogP contribution is 2.63. The van der Waals surface area contributed by atoms with Crippen molar-refractivity contribution < 1.29 is 105 Å². The molecule has 2 amide bonds. The van der Waals surface area contributed by atoms with Crippen LogP contribution in [-0.4, -0.2) is 196 Å². The zero-order valence-corrected chi connectivity index (χ0v) is 55.5. The lowest BCUT2D eigenvalue weighted by molar-refractivity contribution is -0.226. The topological polar surface area (TPSA) is 312 Å². The average Bonchev–Trinajstić information content (AvgIpc) is 1.53. The molecule has 2 unspecified atom stereocenters. The highest BCUT2D eigenvalue weighted by atomic mass is 16.7. The van der Waals surface area contributed by atoms with Crippen molar-refractivity contribution in [3.63, 3.8) is 0 Å². The molecule has 0 aromatic heterocycles. The van der Waals surface area contributed by atoms with Crippen LogP contribution in [0.1, 0.15) is 114 Å². The van der Waals surface area contributed by atoms with E-state index in [0.29, 0.717) is 59.9 Å². The van der Waals surface area contributed by atoms with Crippen LogP contribution in [0.2, 0.25) is 0 Å². The Balaban J connectivity index is 0.658. The van der Waals surface area contributed by atoms with Crippen LogP contribution >= 0.6 is 0 Å². The second kappa shape index (κ2) is 29.4. The fraction of sp³-hybridized carbons (Fsp3) is 0.528. The molecule has 0 bridgehead atoms. The summed E-state index contributed by atoms with van der Waals surface area (Å²) in [6, 6.07) is 29.3. The Morgan fingerprint density at radius 1 is 0.449 bits per heavy atom. The number of benzene rings is 4. The number of nitrogens with zero attached hydrogens (tertiary/aromatic N) is 2. The van der Waals surface area contributed by atoms with E-state index in [4.69, 9.17) is 56.8 Å². The summed E-state index contributed by atoms with van der Waals surface area (Å²) in [7, 11) is 0. The molecular weight excluding hydrogens is 1270 g/mol. The van der Waals surface area contributed by atoms with Crippen molar-refractivity contribution in [2.45, 2.75) is 164 Å². The molecule has 26 nitrogen and oxygen atoms in total. The largest absolute Gasteiger partial charge is 0.491 e. The van der Waals surface area contributed by atoms with Gasteiger partial charge >= 0.3 is 35.8 Å². The Labute approximate surface area is 566 Å². The van der Waals surface area contributed by atoms with E-state index in [1.165, 1.54) is 41.5 Å². The standard InChI is InChI=1S/C72H82N4O22/c1-39(77)93-59-37-91-57(65(95-41(3)79)67(59)97-43(5)81)35-55(83)63-61(53-17-11-27-75(53)71(63)49-13-7-9-15-51(49)73-69(71)85)45-19-23-47(24-20-45)89-33-31-87-29-30-88-32-34-90-48-25-21-46(22-26-48)62-54-18-12-28-76(54)72(50-14-8-10-16-52(50)74-70(72)86)64(62)56(84)36-58-66(96-42(4)80)68(98-44(6)82)60(38-92-58)94-40(2)78/h7-10,13-16,19-26,53-54,57-68H,11-12,17-18,27-38H2,1-6H3,(H,73,85)(H,74,86)/t53?,54?,57-,58-,59+,60+,61-,62+,63+,64-,65-,66-,67-,68-,71+,72-/m0/s1. The quantitative estimate of drug-likeness (QED) is 0.0468. The molecule has 6 fully saturated rings. The van der Waals surface area contributed by atoms with E-state index in [1.807, 2.05) is 97.1 Å². The SMILES string of the molecule is CC(=O)O[C@@H]1[C@@H](OC(C)=O)[C@H](OC(C)=O)CO[C@H]1CC(=O)[C@@H]1[C@@H](c2ccc(OCCOCCOCCOc3ccc([C@@H]4C5CCCN5[C@]5(C(=O)Nc6ccccc65)[C@H]4C(=O)C[C@@H]4OC[C@@H](OC(C)=O)[C@H](OC(C)=O)[C@H]4OC(C)=O)cc3)cc2)C2CCCN2[C@@]12C(=O)Nc1ccccc12. The number of fused-ring (bicyclic) bond motifs is 8. The van der Waals surface area contributed by atoms with Gasteiger partial charge in [0.2, 0.25) is 11.8 Å². The van der Waals surface area contributed by atoms with Gasteiger partial charge in [-0.05, 0) is 86.3 Å². The van der Waals surface area contributed by atoms with Gasteiger partial charge in [-0.25, -0.2) is 0 Å². The predicted molar refractivity (Wildman–Crippen MR) is 343 cm³/mol. The molecule has 16 atom stereocenters. The number of amides is 2. The molecule has 8 heterocycles. The Bertz CT molecular complexity index is 3460. The van der Waals surface area contributed by atoms with Crippen molar-refractivity contribution in [2.24, 2.45) is 11.8 Å². The summed E-state index contributed by atoms with van der Waals surface area (Å²) in [5, 5.41) is 6.15. The molecule has 98 heavy (non-hydrogen) atoms. The number of rotatable bonds is 25. The van der Waals surface area contributed by atoms with Crippen molar-refractivity contribution >= 4 is 70.6 Å². The first-order chi connectivity index (χ1) is 47.2. The molecule has 0 aliphatic carbocycles. The summed E-state index contributed by atoms with van der Waals surface area (Å²) >= 11 is 0. The van der Waals surface area contributed by atoms with Gasteiger partial charge in [-0.3, -0.25) is 57.7 Å². The number of nitrogens with one attached hydrogen (secondary N) is 2. The van der Waals surface area contributed by atoms with Crippen LogP contribution < -0.4 is 20.1 Å². The number of ether oxygens (including phenoxy) is 12. The lowest BCUT2D eigenvalue weighted by Gasteiger charge is -2.41. The molecule has 6 saturated heterocycles. The van der Waals surface area contributed by atoms with E-state index in [-0.39, 0.29) is 101 Å². The molecule has 0 radical (unpaired) electrons. The minimum atomic E-state index is -1.39. The number of hydrogen-bond acceptors (Lipinski definition) is 24. The molecule has 4 aromatic carbocycles. The van der Waals surface area contributed by atoms with Crippen molar-refractivity contribution in [3.8, 4) is 11.5 Å². The summed E-state index contributed by atoms with van der Waals surface area (Å²) in [4.78, 5) is 139. The van der Waals surface area contributed by atoms with Crippen LogP contribution in [0.3, 0.4) is 0 Å². The molecular formula is C72H82N4O22. The maximum Gasteiger partial charge on any atom is 0.303 e. The zero-order chi connectivity index (χ0) is 69.2. The van der Waals surface area contributed by atoms with E-state index in [1.54, 1.807) is 0 Å². The first-order valence-corrected chi connectivity index (χ1v) is 33.5. The maximum atomic E-state index is 15.4. The van der Waals surface area contributed by atoms with Crippen LogP contribution in [0.4, 0.5) is 11.4 Å². The van der Waals surface area contributed by atoms with Gasteiger partial charge in [0, 0.05) is 101 Å². The number of Topliss-reactive ketones (excluding diaryl/α,β-unsaturated/α-hetero) is 2. The van der Waals surface area contributed by atoms with Crippen molar-refractivity contribution in [1.29, 1.82) is 0 Å². The molecule has 522 valence electrons. The van der Waals surface area contributed by atoms with Crippen LogP contribution in [0, 0.1) is 11.8 Å². The van der Waals surface area contributed by atoms with E-state index in [2.05, 4.69) is 20.4 Å². The Hall–Kier alpha value is -8.66. The van der Waals surface area contributed by atoms with Crippen LogP contribution in [0.25, 0.3) is 0 Å². The van der Waals surface area contributed by atoms with Crippen molar-refractivity contribution in [1.82, 2.24) is 9.80 Å². The monoisotopic (exact) mass is 1350 g/mol. The summed E-state index contributed by atoms with van der Waals surface area (Å²) in [5.41, 5.74) is 1.44. The number of carbonyl (C=O) groups excluding carboxylic acids is 10. The summed E-state index contributed by atoms with van der Waals surface area (Å²) < 4.78 is 69.8. The molecule has 2 N–H and O–H groups in total. The third kappa shape index (κ3) is 13.4. The first kappa shape index (κ1) is 69.2. The highest BCUT2D eigenvalue weighted by Gasteiger charge is 2.71. The first-order valence-electron chi connectivity index (χ1n) is 33.5. The average molecular weight is 1360 g/mol. The Kier molecular flexibility index (Phi) is 20.8. The van der Waals surface area contributed by atoms with Gasteiger partial charge in [-0.2, -0.15) is 0 Å². The lowest BCUT2D eigenvalue weighted by Crippen LogP contribution is -2.58. The summed E-state index contributed by atoms with van der Waals surface area (Å²) in [6.07, 6.45) is -7.34. The van der Waals surface area contributed by atoms with Crippen molar-refractivity contribution in [2.75, 3.05) is 76.6 Å². The van der Waals surface area contributed by atoms with Gasteiger partial charge < -0.3 is 67.5 Å². The van der Waals surface area contributed by atoms with Gasteiger partial charge in [0.1, 0.15) is 59.6 Å². The van der Waals surface area contributed by atoms with Crippen molar-refractivity contribution in [3.05, 3.63) is 119 Å². The molecule has 8 aliphatic heterocycles. The second-order valence-electron chi connectivity index (χ2n) is 26.1. The van der Waals surface area contributed by atoms with Crippen LogP contribution in [0.15, 0.2) is 97.1 Å². The third-order valence-electron chi connectivity index (χ3n) is 20.1. The molecule has 8 aliphatic rings. The van der Waals surface area contributed by atoms with E-state index >= 15 is 9.59 Å². The van der Waals surface area contributed by atoms with E-state index in [9.17, 15) is 38.4 Å². The maximum absolute atomic E-state index is 15.4. The normalized spacial score (nSPS) is 30.5. The molecule has 26 heteroatoms. The second-order valence-corrected chi connectivity index (χ2v) is 26.1. The van der Waals surface area contributed by atoms with Gasteiger partial charge in [0.15, 0.2) is 36.6 Å². The van der Waals surface area contributed by atoms with Gasteiger partial charge in [0.25, 0.3) is 0 Å². The minimum Gasteiger partial charge on any atom is -0.491 e. The van der Waals surface area contributed by atoms with E-state index < -0.39 is 119 Å². The van der Waals surface area contributed by atoms with Gasteiger partial charge in [0.05, 0.1) is 51.5 Å². The number of ketones is 2. The number of para-hydroxylation sites is 2. The smallest absolute Gasteiger partial charge is 0.303 e. The van der Waals surface area contributed by atoms with E-state index in [0.717, 1.165) is 24.0 Å². The van der Waals surface area contributed by atoms with Gasteiger partial charge in [-0.1, -0.05) is 60.7 Å². The summed E-state index contributed by atoms with van der Waals surface area (Å²) in [6.45, 7) is 9.19. The molecule has 2 spiro atoms. The zero-order valence-electron chi connectivity index (χ0n) is 55.5. The Morgan fingerprint density at radius 3 is 1.16 bits per heavy atom. The lowest BCUT2D eigenvalue weighted by atomic mass is 9.69. The number of hydrogen-bond donors (Lipinski definition) is 2. The third-order valence-corrected chi connectivity index (χ3v) is 20.1. The molecule has 0 saturated carbocycles. The highest BCUT2D eigenvalue weighted by molar-refractivity contribution is 6.11. The number of carbonyl (C=O) groups is 10. The van der Waals surface area contributed by atoms with Gasteiger partial charge in [-0.15, -0.1) is 0 Å². The van der Waals surface area contributed by atoms with Crippen LogP contribution in [0.5, 0.6) is 11.5 Å². The Morgan fingerprint density at radius 2 is 0.796 bits per heavy atom. The summed E-state index contributed by atoms with van der Waals surface area (Å²) in [5.74, 6) is -7.31. The fourth-order valence-corrected chi connectivity index (χ4v) is 16.9. The minimum absolute atomic E-state index is 0.214. The molecule has 4 aromatic rings. The predicted octanol–water partition coefficient (Wildman–Crippen LogP) is 5.53. The fourth-order valence-electron chi connectivity index (χ4n) is 16.9. The molecule has 12 rings (SSSR count).